The number of hydrogen-bond donors (Lipinski definition) is 1. The quantitative estimate of drug-likeness (QED) is 0.887. The van der Waals surface area contributed by atoms with Crippen LogP contribution in [0.3, 0.4) is 0 Å². The first-order valence-electron chi connectivity index (χ1n) is 8.47. The Morgan fingerprint density at radius 1 is 1.48 bits per heavy atom. The molecule has 1 aliphatic heterocycles. The van der Waals surface area contributed by atoms with E-state index in [1.807, 2.05) is 29.6 Å². The molecule has 2 aromatic rings. The molecule has 1 N–H and O–H groups in total. The molecule has 3 rings (SSSR count). The maximum absolute atomic E-state index is 12.3. The van der Waals surface area contributed by atoms with Gasteiger partial charge in [-0.3, -0.25) is 4.79 Å². The normalized spacial score (nSPS) is 19.4. The van der Waals surface area contributed by atoms with Gasteiger partial charge in [0.1, 0.15) is 10.8 Å². The molecule has 25 heavy (non-hydrogen) atoms. The predicted molar refractivity (Wildman–Crippen MR) is 99.0 cm³/mol. The van der Waals surface area contributed by atoms with Crippen LogP contribution in [0.15, 0.2) is 29.6 Å². The monoisotopic (exact) mass is 360 g/mol. The summed E-state index contributed by atoms with van der Waals surface area (Å²) >= 11 is 1.54. The molecule has 1 fully saturated rings. The van der Waals surface area contributed by atoms with E-state index in [-0.39, 0.29) is 17.6 Å². The van der Waals surface area contributed by atoms with E-state index in [1.54, 1.807) is 18.4 Å². The van der Waals surface area contributed by atoms with E-state index < -0.39 is 0 Å². The van der Waals surface area contributed by atoms with E-state index in [2.05, 4.69) is 24.1 Å². The molecule has 1 aliphatic rings. The zero-order valence-electron chi connectivity index (χ0n) is 14.9. The van der Waals surface area contributed by atoms with Crippen LogP contribution in [-0.4, -0.2) is 36.3 Å². The Morgan fingerprint density at radius 2 is 2.32 bits per heavy atom. The van der Waals surface area contributed by atoms with Crippen molar-refractivity contribution in [3.05, 3.63) is 35.3 Å². The van der Waals surface area contributed by atoms with E-state index in [0.29, 0.717) is 13.0 Å². The summed E-state index contributed by atoms with van der Waals surface area (Å²) in [6.45, 7) is 4.81. The van der Waals surface area contributed by atoms with E-state index in [4.69, 9.17) is 9.47 Å². The smallest absolute Gasteiger partial charge is 0.226 e. The number of rotatable bonds is 5. The molecule has 5 nitrogen and oxygen atoms in total. The number of carbonyl (C=O) groups is 1. The van der Waals surface area contributed by atoms with Crippen molar-refractivity contribution in [2.24, 2.45) is 0 Å². The number of thiazole rings is 1. The predicted octanol–water partition coefficient (Wildman–Crippen LogP) is 3.44. The number of carbonyl (C=O) groups excluding carboxylic acids is 1. The standard InChI is InChI=1S/C19H24N2O3S/c1-19(2)11-14(7-8-24-19)20-17(22)10-15-12-25-18(21-15)13-5-4-6-16(9-13)23-3/h4-6,9,12,14H,7-8,10-11H2,1-3H3,(H,20,22)/t14-/m1/s1. The third kappa shape index (κ3) is 4.80. The topological polar surface area (TPSA) is 60.5 Å². The molecule has 1 atom stereocenters. The van der Waals surface area contributed by atoms with Gasteiger partial charge in [-0.15, -0.1) is 11.3 Å². The summed E-state index contributed by atoms with van der Waals surface area (Å²) in [6, 6.07) is 7.96. The maximum atomic E-state index is 12.3. The first kappa shape index (κ1) is 17.9. The van der Waals surface area contributed by atoms with Crippen LogP contribution in [0.1, 0.15) is 32.4 Å². The highest BCUT2D eigenvalue weighted by molar-refractivity contribution is 7.13. The van der Waals surface area contributed by atoms with Gasteiger partial charge < -0.3 is 14.8 Å². The second kappa shape index (κ2) is 7.54. The highest BCUT2D eigenvalue weighted by atomic mass is 32.1. The van der Waals surface area contributed by atoms with Gasteiger partial charge in [-0.25, -0.2) is 4.98 Å². The molecule has 134 valence electrons. The van der Waals surface area contributed by atoms with Crippen LogP contribution in [0.4, 0.5) is 0 Å². The Balaban J connectivity index is 1.60. The Bertz CT molecular complexity index is 742. The number of aromatic nitrogens is 1. The van der Waals surface area contributed by atoms with Gasteiger partial charge in [0.15, 0.2) is 0 Å². The molecule has 2 heterocycles. The van der Waals surface area contributed by atoms with E-state index >= 15 is 0 Å². The first-order chi connectivity index (χ1) is 11.9. The average molecular weight is 360 g/mol. The van der Waals surface area contributed by atoms with Crippen molar-refractivity contribution < 1.29 is 14.3 Å². The number of hydrogen-bond acceptors (Lipinski definition) is 5. The number of methoxy groups -OCH3 is 1. The second-order valence-corrected chi connectivity index (χ2v) is 7.78. The molecule has 0 saturated carbocycles. The van der Waals surface area contributed by atoms with Gasteiger partial charge in [0.2, 0.25) is 5.91 Å². The number of amides is 1. The Hall–Kier alpha value is -1.92. The molecule has 0 radical (unpaired) electrons. The number of nitrogens with zero attached hydrogens (tertiary/aromatic N) is 1. The summed E-state index contributed by atoms with van der Waals surface area (Å²) in [4.78, 5) is 16.9. The van der Waals surface area contributed by atoms with Gasteiger partial charge in [-0.2, -0.15) is 0 Å². The van der Waals surface area contributed by atoms with Crippen molar-refractivity contribution in [1.82, 2.24) is 10.3 Å². The summed E-state index contributed by atoms with van der Waals surface area (Å²) in [6.07, 6.45) is 2.00. The molecule has 0 bridgehead atoms. The molecule has 1 saturated heterocycles. The zero-order valence-corrected chi connectivity index (χ0v) is 15.7. The van der Waals surface area contributed by atoms with Crippen LogP contribution in [0.25, 0.3) is 10.6 Å². The lowest BCUT2D eigenvalue weighted by atomic mass is 9.94. The van der Waals surface area contributed by atoms with Gasteiger partial charge >= 0.3 is 0 Å². The van der Waals surface area contributed by atoms with Crippen LogP contribution in [-0.2, 0) is 16.0 Å². The fraction of sp³-hybridized carbons (Fsp3) is 0.474. The molecule has 1 amide bonds. The molecule has 0 spiro atoms. The molecule has 0 unspecified atom stereocenters. The largest absolute Gasteiger partial charge is 0.497 e. The van der Waals surface area contributed by atoms with Gasteiger partial charge in [0.25, 0.3) is 0 Å². The van der Waals surface area contributed by atoms with Crippen LogP contribution in [0.2, 0.25) is 0 Å². The van der Waals surface area contributed by atoms with Crippen molar-refractivity contribution in [3.8, 4) is 16.3 Å². The van der Waals surface area contributed by atoms with E-state index in [1.165, 1.54) is 0 Å². The molecule has 1 aromatic heterocycles. The highest BCUT2D eigenvalue weighted by Crippen LogP contribution is 2.27. The van der Waals surface area contributed by atoms with Gasteiger partial charge in [-0.05, 0) is 38.8 Å². The summed E-state index contributed by atoms with van der Waals surface area (Å²) < 4.78 is 10.9. The van der Waals surface area contributed by atoms with Crippen LogP contribution < -0.4 is 10.1 Å². The molecule has 6 heteroatoms. The van der Waals surface area contributed by atoms with Crippen LogP contribution in [0.5, 0.6) is 5.75 Å². The summed E-state index contributed by atoms with van der Waals surface area (Å²) in [5.41, 5.74) is 1.63. The second-order valence-electron chi connectivity index (χ2n) is 6.92. The maximum Gasteiger partial charge on any atom is 0.226 e. The average Bonchev–Trinajstić information content (AvgIpc) is 3.02. The molecule has 1 aromatic carbocycles. The van der Waals surface area contributed by atoms with Crippen molar-refractivity contribution in [2.75, 3.05) is 13.7 Å². The van der Waals surface area contributed by atoms with Crippen molar-refractivity contribution >= 4 is 17.2 Å². The van der Waals surface area contributed by atoms with E-state index in [9.17, 15) is 4.79 Å². The number of nitrogens with one attached hydrogen (secondary N) is 1. The van der Waals surface area contributed by atoms with Crippen molar-refractivity contribution in [1.29, 1.82) is 0 Å². The molecular formula is C19H24N2O3S. The van der Waals surface area contributed by atoms with Gasteiger partial charge in [0, 0.05) is 23.6 Å². The highest BCUT2D eigenvalue weighted by Gasteiger charge is 2.29. The van der Waals surface area contributed by atoms with Crippen LogP contribution in [0, 0.1) is 0 Å². The lowest BCUT2D eigenvalue weighted by molar-refractivity contribution is -0.123. The lowest BCUT2D eigenvalue weighted by Crippen LogP contribution is -2.46. The SMILES string of the molecule is COc1cccc(-c2nc(CC(=O)N[C@@H]3CCOC(C)(C)C3)cs2)c1. The minimum Gasteiger partial charge on any atom is -0.497 e. The third-order valence-corrected chi connectivity index (χ3v) is 5.21. The fourth-order valence-corrected chi connectivity index (χ4v) is 3.89. The van der Waals surface area contributed by atoms with Crippen molar-refractivity contribution in [3.63, 3.8) is 0 Å². The minimum atomic E-state index is -0.170. The van der Waals surface area contributed by atoms with E-state index in [0.717, 1.165) is 34.9 Å². The fourth-order valence-electron chi connectivity index (χ4n) is 3.08. The molecular weight excluding hydrogens is 336 g/mol. The first-order valence-corrected chi connectivity index (χ1v) is 9.35. The Labute approximate surface area is 152 Å². The summed E-state index contributed by atoms with van der Waals surface area (Å²) in [5, 5.41) is 5.96. The van der Waals surface area contributed by atoms with Gasteiger partial charge in [0.05, 0.1) is 24.8 Å². The Kier molecular flexibility index (Phi) is 5.39. The minimum absolute atomic E-state index is 0.0187. The van der Waals surface area contributed by atoms with Gasteiger partial charge in [-0.1, -0.05) is 12.1 Å². The summed E-state index contributed by atoms with van der Waals surface area (Å²) in [5.74, 6) is 0.819. The van der Waals surface area contributed by atoms with Crippen molar-refractivity contribution in [2.45, 2.75) is 44.8 Å². The number of ether oxygens (including phenoxy) is 2. The third-order valence-electron chi connectivity index (χ3n) is 4.27. The summed E-state index contributed by atoms with van der Waals surface area (Å²) in [7, 11) is 1.65. The zero-order chi connectivity index (χ0) is 17.9. The molecule has 0 aliphatic carbocycles. The van der Waals surface area contributed by atoms with Crippen LogP contribution >= 0.6 is 11.3 Å². The lowest BCUT2D eigenvalue weighted by Gasteiger charge is -2.35. The Morgan fingerprint density at radius 3 is 3.08 bits per heavy atom. The number of benzene rings is 1.